The van der Waals surface area contributed by atoms with E-state index in [1.165, 1.54) is 15.3 Å². The van der Waals surface area contributed by atoms with Crippen molar-refractivity contribution in [3.63, 3.8) is 0 Å². The first kappa shape index (κ1) is 44.0. The highest BCUT2D eigenvalue weighted by atomic mass is 32.1. The number of piperidine rings is 1. The van der Waals surface area contributed by atoms with Crippen molar-refractivity contribution >= 4 is 50.5 Å². The van der Waals surface area contributed by atoms with Gasteiger partial charge in [-0.15, -0.1) is 32.9 Å². The van der Waals surface area contributed by atoms with Crippen LogP contribution in [0, 0.1) is 19.8 Å². The summed E-state index contributed by atoms with van der Waals surface area (Å²) in [6.45, 7) is 11.5. The van der Waals surface area contributed by atoms with E-state index in [2.05, 4.69) is 37.5 Å². The molecule has 7 heterocycles. The van der Waals surface area contributed by atoms with Crippen LogP contribution in [0.1, 0.15) is 85.4 Å². The average Bonchev–Trinajstić information content (AvgIpc) is 4.13. The maximum Gasteiger partial charge on any atom is 0.243 e. The number of benzene rings is 2. The first-order valence-corrected chi connectivity index (χ1v) is 23.7. The molecule has 2 aromatic carbocycles. The Morgan fingerprint density at radius 2 is 1.72 bits per heavy atom. The molecule has 0 radical (unpaired) electrons. The van der Waals surface area contributed by atoms with E-state index in [1.807, 2.05) is 87.8 Å². The van der Waals surface area contributed by atoms with Crippen LogP contribution >= 0.6 is 22.7 Å². The predicted molar refractivity (Wildman–Crippen MR) is 252 cm³/mol. The zero-order chi connectivity index (χ0) is 45.5. The van der Waals surface area contributed by atoms with Crippen molar-refractivity contribution in [2.45, 2.75) is 83.9 Å². The number of thiophene rings is 1. The number of carbonyl (C=O) groups is 2. The molecule has 0 unspecified atom stereocenters. The van der Waals surface area contributed by atoms with Crippen molar-refractivity contribution in [2.75, 3.05) is 31.6 Å². The lowest BCUT2D eigenvalue weighted by atomic mass is 9.91. The van der Waals surface area contributed by atoms with Crippen LogP contribution in [0.2, 0.25) is 0 Å². The zero-order valence-corrected chi connectivity index (χ0v) is 38.8. The molecule has 336 valence electrons. The maximum absolute atomic E-state index is 14.4. The number of aryl methyl sites for hydroxylation is 2. The van der Waals surface area contributed by atoms with E-state index in [0.29, 0.717) is 40.1 Å². The number of nitrogens with one attached hydrogen (secondary N) is 1. The lowest BCUT2D eigenvalue weighted by molar-refractivity contribution is -0.141. The third-order valence-electron chi connectivity index (χ3n) is 12.8. The van der Waals surface area contributed by atoms with Crippen molar-refractivity contribution in [3.8, 4) is 44.6 Å². The topological polar surface area (TPSA) is 180 Å². The summed E-state index contributed by atoms with van der Waals surface area (Å²) in [4.78, 5) is 44.6. The number of para-hydroxylation sites is 1. The molecule has 2 aliphatic heterocycles. The molecule has 2 aliphatic rings. The number of aromatic hydroxyl groups is 1. The van der Waals surface area contributed by atoms with Gasteiger partial charge < -0.3 is 34.6 Å². The number of β-amino-alcohol motifs (C(OH)–C–C–N with tert-alkyl or cyclic N) is 1. The number of aromatic nitrogens is 5. The van der Waals surface area contributed by atoms with E-state index in [9.17, 15) is 19.8 Å². The molecule has 4 atom stereocenters. The minimum atomic E-state index is -0.850. The number of hydrogen-bond acceptors (Lipinski definition) is 14. The number of aliphatic hydroxyl groups excluding tert-OH is 1. The van der Waals surface area contributed by atoms with E-state index in [0.717, 1.165) is 63.7 Å². The molecule has 65 heavy (non-hydrogen) atoms. The smallest absolute Gasteiger partial charge is 0.243 e. The van der Waals surface area contributed by atoms with Gasteiger partial charge >= 0.3 is 0 Å². The van der Waals surface area contributed by atoms with Crippen LogP contribution in [0.25, 0.3) is 43.2 Å². The number of fused-ring (bicyclic) bond motifs is 1. The van der Waals surface area contributed by atoms with E-state index in [-0.39, 0.29) is 42.5 Å². The van der Waals surface area contributed by atoms with Crippen LogP contribution in [-0.4, -0.2) is 91.1 Å². The Hall–Kier alpha value is -6.23. The molecule has 0 aliphatic carbocycles. The number of carbonyl (C=O) groups excluding carboxylic acids is 2. The van der Waals surface area contributed by atoms with Gasteiger partial charge in [0.05, 0.1) is 46.6 Å². The fraction of sp³-hybridized carbons (Fsp3) is 0.367. The summed E-state index contributed by atoms with van der Waals surface area (Å²) in [5, 5.41) is 38.7. The molecule has 5 aromatic heterocycles. The Balaban J connectivity index is 0.860. The number of phenols is 1. The van der Waals surface area contributed by atoms with Gasteiger partial charge in [0.25, 0.3) is 0 Å². The number of rotatable bonds is 12. The van der Waals surface area contributed by atoms with Gasteiger partial charge in [-0.05, 0) is 92.5 Å². The summed E-state index contributed by atoms with van der Waals surface area (Å²) in [6, 6.07) is 21.7. The molecule has 7 aromatic rings. The van der Waals surface area contributed by atoms with Gasteiger partial charge in [0, 0.05) is 47.9 Å². The molecule has 2 saturated heterocycles. The van der Waals surface area contributed by atoms with E-state index in [1.54, 1.807) is 48.0 Å². The van der Waals surface area contributed by atoms with Crippen LogP contribution in [0.5, 0.6) is 11.6 Å². The minimum absolute atomic E-state index is 0.0367. The van der Waals surface area contributed by atoms with Gasteiger partial charge in [0.2, 0.25) is 17.7 Å². The fourth-order valence-corrected chi connectivity index (χ4v) is 11.3. The number of aliphatic hydroxyl groups is 1. The minimum Gasteiger partial charge on any atom is -0.507 e. The Kier molecular flexibility index (Phi) is 12.4. The number of hydrogen-bond donors (Lipinski definition) is 3. The third-order valence-corrected chi connectivity index (χ3v) is 15.2. The predicted octanol–water partition coefficient (Wildman–Crippen LogP) is 8.83. The maximum atomic E-state index is 14.4. The molecule has 2 amide bonds. The number of likely N-dealkylation sites (tertiary alicyclic amines) is 1. The highest BCUT2D eigenvalue weighted by Gasteiger charge is 2.43. The molecule has 3 N–H and O–H groups in total. The van der Waals surface area contributed by atoms with Crippen LogP contribution in [0.15, 0.2) is 82.8 Å². The third kappa shape index (κ3) is 8.69. The molecular weight excluding hydrogens is 861 g/mol. The van der Waals surface area contributed by atoms with Gasteiger partial charge in [0.1, 0.15) is 39.8 Å². The van der Waals surface area contributed by atoms with Crippen LogP contribution in [-0.2, 0) is 9.59 Å². The monoisotopic (exact) mass is 912 g/mol. The molecule has 0 saturated carbocycles. The SMILES string of the molecule is COc1nc(N2CCC(c3sc4nnc(-c5ccccc5O)cc4c3C)CC2)ccc1-c1cc([C@H](C(=O)N2C[C@H](O)C[C@H]2C(=O)N[C@@H](C)c2ccc(-c3scnc3C)cc2)C(C)C)on1. The van der Waals surface area contributed by atoms with Gasteiger partial charge in [-0.2, -0.15) is 4.98 Å². The van der Waals surface area contributed by atoms with Crippen molar-refractivity contribution in [1.82, 2.24) is 35.5 Å². The number of phenolic OH excluding ortho intramolecular Hbond substituents is 1. The van der Waals surface area contributed by atoms with E-state index < -0.39 is 18.1 Å². The standard InChI is InChI=1S/C49H52N8O6S2/c1-26(2)43(49(61)57-24-33(58)21-39(57)46(60)51-28(4)30-11-13-31(14-12-30)45-29(5)50-25-64-45)41-23-38(55-63-41)35-15-16-42(52-47(35)62-6)56-19-17-32(18-20-56)44-27(3)36-22-37(53-54-48(36)65-44)34-9-7-8-10-40(34)59/h7-16,22-23,25-26,28,32-33,39,43,58-59H,17-21,24H2,1-6H3,(H,51,60)/t28-,33+,39-,43+/m0/s1. The summed E-state index contributed by atoms with van der Waals surface area (Å²) in [5.74, 6) is 0.489. The fourth-order valence-electron chi connectivity index (χ4n) is 9.26. The summed E-state index contributed by atoms with van der Waals surface area (Å²) in [7, 11) is 1.57. The second kappa shape index (κ2) is 18.3. The van der Waals surface area contributed by atoms with E-state index in [4.69, 9.17) is 14.2 Å². The molecule has 2 fully saturated rings. The summed E-state index contributed by atoms with van der Waals surface area (Å²) in [6.07, 6.45) is 1.17. The van der Waals surface area contributed by atoms with Crippen LogP contribution in [0.4, 0.5) is 5.82 Å². The Labute approximate surface area is 385 Å². The zero-order valence-electron chi connectivity index (χ0n) is 37.2. The van der Waals surface area contributed by atoms with Gasteiger partial charge in [-0.3, -0.25) is 9.59 Å². The Morgan fingerprint density at radius 1 is 0.954 bits per heavy atom. The number of anilines is 1. The lowest BCUT2D eigenvalue weighted by Crippen LogP contribution is -2.48. The summed E-state index contributed by atoms with van der Waals surface area (Å²) < 4.78 is 11.7. The Bertz CT molecular complexity index is 2850. The highest BCUT2D eigenvalue weighted by Crippen LogP contribution is 2.42. The average molecular weight is 913 g/mol. The first-order valence-electron chi connectivity index (χ1n) is 22.0. The molecule has 0 bridgehead atoms. The number of pyridine rings is 1. The number of ether oxygens (including phenoxy) is 1. The summed E-state index contributed by atoms with van der Waals surface area (Å²) in [5.41, 5.74) is 8.42. The van der Waals surface area contributed by atoms with Gasteiger partial charge in [-0.1, -0.05) is 55.4 Å². The normalized spacial score (nSPS) is 17.8. The number of thiazole rings is 1. The lowest BCUT2D eigenvalue weighted by Gasteiger charge is -2.33. The van der Waals surface area contributed by atoms with Crippen molar-refractivity contribution in [2.24, 2.45) is 5.92 Å². The number of amides is 2. The molecule has 0 spiro atoms. The van der Waals surface area contributed by atoms with Crippen molar-refractivity contribution < 1.29 is 29.1 Å². The van der Waals surface area contributed by atoms with Crippen LogP contribution < -0.4 is 15.0 Å². The quantitative estimate of drug-likeness (QED) is 0.106. The highest BCUT2D eigenvalue weighted by molar-refractivity contribution is 7.19. The summed E-state index contributed by atoms with van der Waals surface area (Å²) >= 11 is 3.29. The molecular formula is C49H52N8O6S2. The van der Waals surface area contributed by atoms with Crippen LogP contribution in [0.3, 0.4) is 0 Å². The van der Waals surface area contributed by atoms with E-state index >= 15 is 0 Å². The van der Waals surface area contributed by atoms with Crippen molar-refractivity contribution in [1.29, 1.82) is 0 Å². The first-order chi connectivity index (χ1) is 31.4. The van der Waals surface area contributed by atoms with Crippen molar-refractivity contribution in [3.05, 3.63) is 106 Å². The number of methoxy groups -OCH3 is 1. The molecule has 9 rings (SSSR count). The van der Waals surface area contributed by atoms with Gasteiger partial charge in [0.15, 0.2) is 0 Å². The molecule has 14 nitrogen and oxygen atoms in total. The molecule has 16 heteroatoms. The Morgan fingerprint density at radius 3 is 2.43 bits per heavy atom. The number of nitrogens with zero attached hydrogens (tertiary/aromatic N) is 7. The largest absolute Gasteiger partial charge is 0.507 e. The second-order valence-electron chi connectivity index (χ2n) is 17.4. The second-order valence-corrected chi connectivity index (χ2v) is 19.3. The van der Waals surface area contributed by atoms with Gasteiger partial charge in [-0.25, -0.2) is 4.98 Å².